The van der Waals surface area contributed by atoms with Crippen molar-refractivity contribution < 1.29 is 19.4 Å². The summed E-state index contributed by atoms with van der Waals surface area (Å²) in [5, 5.41) is 15.6. The molecule has 1 amide bonds. The molecule has 0 saturated carbocycles. The van der Waals surface area contributed by atoms with Gasteiger partial charge in [0, 0.05) is 0 Å². The third kappa shape index (κ3) is 9.87. The molecule has 1 fully saturated rings. The molecule has 0 aromatic heterocycles. The molecule has 28 heavy (non-hydrogen) atoms. The van der Waals surface area contributed by atoms with Crippen LogP contribution in [0.15, 0.2) is 0 Å². The van der Waals surface area contributed by atoms with Crippen molar-refractivity contribution >= 4 is 11.9 Å². The molecule has 1 rings (SSSR count). The predicted octanol–water partition coefficient (Wildman–Crippen LogP) is 3.31. The van der Waals surface area contributed by atoms with Crippen LogP contribution in [-0.2, 0) is 14.3 Å². The number of nitrogens with one attached hydrogen (secondary N) is 2. The van der Waals surface area contributed by atoms with Crippen LogP contribution in [-0.4, -0.2) is 48.8 Å². The predicted molar refractivity (Wildman–Crippen MR) is 112 cm³/mol. The average Bonchev–Trinajstić information content (AvgIpc) is 2.70. The molecule has 0 aromatic carbocycles. The summed E-state index contributed by atoms with van der Waals surface area (Å²) in [5.74, 6) is -0.303. The summed E-state index contributed by atoms with van der Waals surface area (Å²) in [4.78, 5) is 24.2. The Bertz CT molecular complexity index is 442. The maximum Gasteiger partial charge on any atom is 0.331 e. The van der Waals surface area contributed by atoms with Gasteiger partial charge in [-0.15, -0.1) is 0 Å². The second-order valence-corrected chi connectivity index (χ2v) is 8.26. The van der Waals surface area contributed by atoms with Crippen molar-refractivity contribution in [1.29, 1.82) is 0 Å². The van der Waals surface area contributed by atoms with Gasteiger partial charge >= 0.3 is 5.97 Å². The quantitative estimate of drug-likeness (QED) is 0.309. The Morgan fingerprint density at radius 3 is 2.29 bits per heavy atom. The van der Waals surface area contributed by atoms with E-state index in [-0.39, 0.29) is 11.9 Å². The molecule has 1 saturated heterocycles. The van der Waals surface area contributed by atoms with Crippen LogP contribution in [0.3, 0.4) is 0 Å². The van der Waals surface area contributed by atoms with Gasteiger partial charge in [0.1, 0.15) is 0 Å². The van der Waals surface area contributed by atoms with E-state index in [0.717, 1.165) is 25.8 Å². The summed E-state index contributed by atoms with van der Waals surface area (Å²) in [7, 11) is 1.25. The third-order valence-corrected chi connectivity index (χ3v) is 5.78. The van der Waals surface area contributed by atoms with E-state index in [9.17, 15) is 14.7 Å². The van der Waals surface area contributed by atoms with Gasteiger partial charge < -0.3 is 20.5 Å². The van der Waals surface area contributed by atoms with Crippen LogP contribution >= 0.6 is 0 Å². The minimum atomic E-state index is -1.02. The molecular formula is C22H42N2O4. The highest BCUT2D eigenvalue weighted by molar-refractivity contribution is 5.87. The summed E-state index contributed by atoms with van der Waals surface area (Å²) in [6, 6.07) is -1.32. The highest BCUT2D eigenvalue weighted by Gasteiger charge is 2.32. The Hall–Kier alpha value is -1.14. The van der Waals surface area contributed by atoms with Gasteiger partial charge in [-0.3, -0.25) is 4.79 Å². The second-order valence-electron chi connectivity index (χ2n) is 8.26. The van der Waals surface area contributed by atoms with E-state index in [2.05, 4.69) is 22.3 Å². The maximum absolute atomic E-state index is 12.5. The lowest BCUT2D eigenvalue weighted by atomic mass is 9.87. The number of hydrogen-bond acceptors (Lipinski definition) is 5. The standard InChI is InChI=1S/C22H42N2O4/c1-4-5-6-7-8-9-10-11-12-13-18-14-15-23-19(16-18)21(26)24-20(17(2)25)22(27)28-3/h17-20,23,25H,4-16H2,1-3H3,(H,24,26)/t17-,18+,19-,20-/m0/s1. The van der Waals surface area contributed by atoms with Crippen LogP contribution in [0, 0.1) is 5.92 Å². The minimum Gasteiger partial charge on any atom is -0.467 e. The van der Waals surface area contributed by atoms with Crippen molar-refractivity contribution in [3.63, 3.8) is 0 Å². The van der Waals surface area contributed by atoms with E-state index >= 15 is 0 Å². The largest absolute Gasteiger partial charge is 0.467 e. The Kier molecular flexibility index (Phi) is 13.2. The van der Waals surface area contributed by atoms with Gasteiger partial charge in [0.05, 0.1) is 19.3 Å². The zero-order chi connectivity index (χ0) is 20.8. The number of amides is 1. The van der Waals surface area contributed by atoms with E-state index in [0.29, 0.717) is 5.92 Å². The molecule has 1 heterocycles. The average molecular weight is 399 g/mol. The SMILES string of the molecule is CCCCCCCCCCC[C@@H]1CCN[C@H](C(=O)N[C@H](C(=O)OC)[C@H](C)O)C1. The number of methoxy groups -OCH3 is 1. The molecule has 0 radical (unpaired) electrons. The first-order valence-electron chi connectivity index (χ1n) is 11.3. The molecule has 3 N–H and O–H groups in total. The lowest BCUT2D eigenvalue weighted by Crippen LogP contribution is -2.55. The number of ether oxygens (including phenoxy) is 1. The van der Waals surface area contributed by atoms with Gasteiger partial charge in [0.2, 0.25) is 5.91 Å². The van der Waals surface area contributed by atoms with Gasteiger partial charge in [-0.05, 0) is 32.2 Å². The zero-order valence-electron chi connectivity index (χ0n) is 18.2. The first-order valence-corrected chi connectivity index (χ1v) is 11.3. The fraction of sp³-hybridized carbons (Fsp3) is 0.909. The van der Waals surface area contributed by atoms with Gasteiger partial charge in [-0.1, -0.05) is 71.1 Å². The third-order valence-electron chi connectivity index (χ3n) is 5.78. The monoisotopic (exact) mass is 398 g/mol. The molecule has 0 bridgehead atoms. The summed E-state index contributed by atoms with van der Waals surface area (Å²) in [5.41, 5.74) is 0. The number of hydrogen-bond donors (Lipinski definition) is 3. The van der Waals surface area contributed by atoms with Gasteiger partial charge in [0.25, 0.3) is 0 Å². The van der Waals surface area contributed by atoms with Gasteiger partial charge in [0.15, 0.2) is 6.04 Å². The molecule has 0 aliphatic carbocycles. The maximum atomic E-state index is 12.5. The molecule has 0 spiro atoms. The van der Waals surface area contributed by atoms with Crippen LogP contribution in [0.2, 0.25) is 0 Å². The van der Waals surface area contributed by atoms with E-state index in [4.69, 9.17) is 0 Å². The second kappa shape index (κ2) is 14.8. The molecule has 1 aliphatic rings. The van der Waals surface area contributed by atoms with Crippen LogP contribution < -0.4 is 10.6 Å². The van der Waals surface area contributed by atoms with Crippen LogP contribution in [0.5, 0.6) is 0 Å². The lowest BCUT2D eigenvalue weighted by Gasteiger charge is -2.31. The molecule has 0 aromatic rings. The molecule has 6 nitrogen and oxygen atoms in total. The van der Waals surface area contributed by atoms with E-state index in [1.165, 1.54) is 71.8 Å². The van der Waals surface area contributed by atoms with E-state index in [1.807, 2.05) is 0 Å². The van der Waals surface area contributed by atoms with Crippen LogP contribution in [0.4, 0.5) is 0 Å². The summed E-state index contributed by atoms with van der Waals surface area (Å²) < 4.78 is 4.66. The van der Waals surface area contributed by atoms with Crippen LogP contribution in [0.1, 0.15) is 90.9 Å². The van der Waals surface area contributed by atoms with Crippen molar-refractivity contribution in [3.05, 3.63) is 0 Å². The summed E-state index contributed by atoms with van der Waals surface area (Å²) in [6.45, 7) is 4.54. The summed E-state index contributed by atoms with van der Waals surface area (Å²) >= 11 is 0. The highest BCUT2D eigenvalue weighted by atomic mass is 16.5. The fourth-order valence-corrected chi connectivity index (χ4v) is 3.96. The van der Waals surface area contributed by atoms with Crippen molar-refractivity contribution in [1.82, 2.24) is 10.6 Å². The molecule has 164 valence electrons. The number of esters is 1. The number of rotatable bonds is 14. The Labute approximate surface area is 171 Å². The van der Waals surface area contributed by atoms with Crippen molar-refractivity contribution in [2.75, 3.05) is 13.7 Å². The van der Waals surface area contributed by atoms with Crippen LogP contribution in [0.25, 0.3) is 0 Å². The minimum absolute atomic E-state index is 0.229. The number of aliphatic hydroxyl groups is 1. The van der Waals surface area contributed by atoms with Crippen molar-refractivity contribution in [3.8, 4) is 0 Å². The highest BCUT2D eigenvalue weighted by Crippen LogP contribution is 2.23. The zero-order valence-corrected chi connectivity index (χ0v) is 18.2. The number of unbranched alkanes of at least 4 members (excludes halogenated alkanes) is 8. The molecule has 4 atom stereocenters. The van der Waals surface area contributed by atoms with Gasteiger partial charge in [-0.25, -0.2) is 4.79 Å². The smallest absolute Gasteiger partial charge is 0.331 e. The summed E-state index contributed by atoms with van der Waals surface area (Å²) in [6.07, 6.45) is 14.0. The number of carbonyl (C=O) groups is 2. The van der Waals surface area contributed by atoms with Crippen molar-refractivity contribution in [2.24, 2.45) is 5.92 Å². The number of carbonyl (C=O) groups excluding carboxylic acids is 2. The first-order chi connectivity index (χ1) is 13.5. The number of aliphatic hydroxyl groups excluding tert-OH is 1. The van der Waals surface area contributed by atoms with Crippen molar-refractivity contribution in [2.45, 2.75) is 109 Å². The normalized spacial score (nSPS) is 21.7. The number of piperidine rings is 1. The van der Waals surface area contributed by atoms with E-state index < -0.39 is 18.1 Å². The van der Waals surface area contributed by atoms with E-state index in [1.54, 1.807) is 0 Å². The molecule has 0 unspecified atom stereocenters. The first kappa shape index (κ1) is 24.9. The topological polar surface area (TPSA) is 87.7 Å². The van der Waals surface area contributed by atoms with Gasteiger partial charge in [-0.2, -0.15) is 0 Å². The Morgan fingerprint density at radius 1 is 1.11 bits per heavy atom. The lowest BCUT2D eigenvalue weighted by molar-refractivity contribution is -0.148. The molecular weight excluding hydrogens is 356 g/mol. The molecule has 6 heteroatoms. The fourth-order valence-electron chi connectivity index (χ4n) is 3.96. The Morgan fingerprint density at radius 2 is 1.71 bits per heavy atom. The molecule has 1 aliphatic heterocycles. The Balaban J connectivity index is 2.24.